The molecule has 0 bridgehead atoms. The van der Waals surface area contributed by atoms with Gasteiger partial charge in [-0.15, -0.1) is 0 Å². The van der Waals surface area contributed by atoms with E-state index in [2.05, 4.69) is 42.1 Å². The van der Waals surface area contributed by atoms with Gasteiger partial charge in [0.05, 0.1) is 23.5 Å². The molecule has 0 radical (unpaired) electrons. The van der Waals surface area contributed by atoms with Gasteiger partial charge in [0.15, 0.2) is 0 Å². The van der Waals surface area contributed by atoms with Gasteiger partial charge in [-0.05, 0) is 62.4 Å². The van der Waals surface area contributed by atoms with Crippen LogP contribution in [0.2, 0.25) is 0 Å². The van der Waals surface area contributed by atoms with Crippen LogP contribution in [0.5, 0.6) is 0 Å². The Morgan fingerprint density at radius 1 is 1.38 bits per heavy atom. The summed E-state index contributed by atoms with van der Waals surface area (Å²) in [6.45, 7) is 2.45. The smallest absolute Gasteiger partial charge is 0.310 e. The number of halogens is 2. The van der Waals surface area contributed by atoms with Crippen LogP contribution in [0.3, 0.4) is 0 Å². The third-order valence-corrected chi connectivity index (χ3v) is 5.68. The third-order valence-electron chi connectivity index (χ3n) is 4.48. The van der Waals surface area contributed by atoms with E-state index in [0.29, 0.717) is 31.1 Å². The van der Waals surface area contributed by atoms with Crippen molar-refractivity contribution in [3.8, 4) is 0 Å². The van der Waals surface area contributed by atoms with E-state index in [1.54, 1.807) is 6.07 Å². The van der Waals surface area contributed by atoms with Gasteiger partial charge in [-0.25, -0.2) is 0 Å². The van der Waals surface area contributed by atoms with Gasteiger partial charge in [0.2, 0.25) is 0 Å². The maximum atomic E-state index is 11.8. The highest BCUT2D eigenvalue weighted by atomic mass is 79.9. The lowest BCUT2D eigenvalue weighted by molar-refractivity contribution is -0.160. The maximum absolute atomic E-state index is 11.8. The second-order valence-electron chi connectivity index (χ2n) is 5.88. The Balaban J connectivity index is 2.65. The van der Waals surface area contributed by atoms with Gasteiger partial charge in [0.25, 0.3) is 0 Å². The Morgan fingerprint density at radius 3 is 2.50 bits per heavy atom. The minimum absolute atomic E-state index is 0.0438. The largest absolute Gasteiger partial charge is 0.481 e. The Morgan fingerprint density at radius 2 is 2.00 bits per heavy atom. The molecule has 0 spiro atoms. The molecule has 2 aromatic rings. The SMILES string of the molecule is CC(C(=O)O)[C@](C)(Cc1cc(Br)c2[nH]nc(Br)c2c1CO)C(=O)O. The van der Waals surface area contributed by atoms with Crippen molar-refractivity contribution in [1.29, 1.82) is 0 Å². The highest BCUT2D eigenvalue weighted by molar-refractivity contribution is 9.11. The Bertz CT molecular complexity index is 820. The highest BCUT2D eigenvalue weighted by Gasteiger charge is 2.43. The molecule has 4 N–H and O–H groups in total. The molecule has 9 heteroatoms. The van der Waals surface area contributed by atoms with Crippen molar-refractivity contribution in [1.82, 2.24) is 10.2 Å². The summed E-state index contributed by atoms with van der Waals surface area (Å²) in [4.78, 5) is 23.1. The van der Waals surface area contributed by atoms with Crippen molar-refractivity contribution < 1.29 is 24.9 Å². The van der Waals surface area contributed by atoms with E-state index in [1.165, 1.54) is 13.8 Å². The van der Waals surface area contributed by atoms with E-state index < -0.39 is 23.3 Å². The number of H-pyrrole nitrogens is 1. The van der Waals surface area contributed by atoms with Crippen LogP contribution in [0.4, 0.5) is 0 Å². The van der Waals surface area contributed by atoms with E-state index >= 15 is 0 Å². The number of benzene rings is 1. The summed E-state index contributed by atoms with van der Waals surface area (Å²) < 4.78 is 1.14. The van der Waals surface area contributed by atoms with Crippen molar-refractivity contribution >= 4 is 54.7 Å². The zero-order chi connectivity index (χ0) is 18.2. The lowest BCUT2D eigenvalue weighted by Crippen LogP contribution is -2.40. The van der Waals surface area contributed by atoms with Gasteiger partial charge in [0.1, 0.15) is 4.60 Å². The number of nitrogens with one attached hydrogen (secondary N) is 1. The number of hydrogen-bond donors (Lipinski definition) is 4. The molecule has 7 nitrogen and oxygen atoms in total. The van der Waals surface area contributed by atoms with Crippen molar-refractivity contribution in [2.75, 3.05) is 0 Å². The molecule has 24 heavy (non-hydrogen) atoms. The normalized spacial score (nSPS) is 15.2. The molecule has 1 aromatic heterocycles. The first-order valence-electron chi connectivity index (χ1n) is 7.04. The van der Waals surface area contributed by atoms with Crippen LogP contribution in [0, 0.1) is 11.3 Å². The molecule has 0 aliphatic rings. The Labute approximate surface area is 154 Å². The molecule has 0 saturated carbocycles. The second-order valence-corrected chi connectivity index (χ2v) is 7.48. The van der Waals surface area contributed by atoms with Gasteiger partial charge in [-0.2, -0.15) is 5.10 Å². The van der Waals surface area contributed by atoms with Crippen LogP contribution < -0.4 is 0 Å². The number of fused-ring (bicyclic) bond motifs is 1. The number of aromatic nitrogens is 2. The summed E-state index contributed by atoms with van der Waals surface area (Å²) in [7, 11) is 0. The summed E-state index contributed by atoms with van der Waals surface area (Å²) >= 11 is 6.70. The number of rotatable bonds is 6. The van der Waals surface area contributed by atoms with Crippen LogP contribution in [0.15, 0.2) is 15.1 Å². The highest BCUT2D eigenvalue weighted by Crippen LogP contribution is 2.38. The van der Waals surface area contributed by atoms with Gasteiger partial charge < -0.3 is 15.3 Å². The standard InChI is InChI=1S/C15H16Br2N2O5/c1-6(13(21)22)15(2,14(23)24)4-7-3-9(16)11-10(8(7)5-20)12(17)19-18-11/h3,6,20H,4-5H2,1-2H3,(H,18,19)(H,21,22)(H,23,24)/t6?,15-/m0/s1. The number of hydrogen-bond acceptors (Lipinski definition) is 4. The molecule has 2 atom stereocenters. The van der Waals surface area contributed by atoms with Crippen molar-refractivity contribution in [3.63, 3.8) is 0 Å². The average molecular weight is 464 g/mol. The fourth-order valence-corrected chi connectivity index (χ4v) is 3.75. The number of nitrogens with zero attached hydrogens (tertiary/aromatic N) is 1. The van der Waals surface area contributed by atoms with Crippen LogP contribution in [-0.2, 0) is 22.6 Å². The zero-order valence-electron chi connectivity index (χ0n) is 12.9. The van der Waals surface area contributed by atoms with E-state index in [-0.39, 0.29) is 13.0 Å². The number of aromatic amines is 1. The lowest BCUT2D eigenvalue weighted by Gasteiger charge is -2.29. The minimum Gasteiger partial charge on any atom is -0.481 e. The van der Waals surface area contributed by atoms with Gasteiger partial charge in [-0.1, -0.05) is 6.92 Å². The fraction of sp³-hybridized carbons (Fsp3) is 0.400. The number of carboxylic acids is 2. The van der Waals surface area contributed by atoms with Crippen LogP contribution in [0.25, 0.3) is 10.9 Å². The molecule has 1 heterocycles. The summed E-state index contributed by atoms with van der Waals surface area (Å²) in [6, 6.07) is 1.69. The monoisotopic (exact) mass is 462 g/mol. The van der Waals surface area contributed by atoms with Gasteiger partial charge in [-0.3, -0.25) is 14.7 Å². The molecular weight excluding hydrogens is 448 g/mol. The molecule has 0 aliphatic carbocycles. The van der Waals surface area contributed by atoms with E-state index in [0.717, 1.165) is 0 Å². The first-order chi connectivity index (χ1) is 11.1. The number of aliphatic hydroxyl groups excluding tert-OH is 1. The van der Waals surface area contributed by atoms with Crippen molar-refractivity contribution in [3.05, 3.63) is 26.3 Å². The molecule has 0 aliphatic heterocycles. The van der Waals surface area contributed by atoms with Crippen molar-refractivity contribution in [2.45, 2.75) is 26.9 Å². The van der Waals surface area contributed by atoms with E-state index in [9.17, 15) is 24.9 Å². The molecular formula is C15H16Br2N2O5. The maximum Gasteiger partial charge on any atom is 0.310 e. The molecule has 130 valence electrons. The fourth-order valence-electron chi connectivity index (χ4n) is 2.66. The topological polar surface area (TPSA) is 124 Å². The molecule has 1 unspecified atom stereocenters. The first-order valence-corrected chi connectivity index (χ1v) is 8.63. The molecule has 0 amide bonds. The molecule has 2 rings (SSSR count). The number of aliphatic hydroxyl groups is 1. The van der Waals surface area contributed by atoms with Crippen LogP contribution >= 0.6 is 31.9 Å². The second kappa shape index (κ2) is 6.81. The summed E-state index contributed by atoms with van der Waals surface area (Å²) in [5.41, 5.74) is 0.202. The van der Waals surface area contributed by atoms with Gasteiger partial charge >= 0.3 is 11.9 Å². The lowest BCUT2D eigenvalue weighted by atomic mass is 9.72. The number of carboxylic acid groups (broad SMARTS) is 2. The van der Waals surface area contributed by atoms with Crippen molar-refractivity contribution in [2.24, 2.45) is 11.3 Å². The molecule has 0 saturated heterocycles. The number of aliphatic carboxylic acids is 2. The first kappa shape index (κ1) is 18.9. The van der Waals surface area contributed by atoms with E-state index in [4.69, 9.17) is 0 Å². The quantitative estimate of drug-likeness (QED) is 0.522. The van der Waals surface area contributed by atoms with Crippen LogP contribution in [0.1, 0.15) is 25.0 Å². The summed E-state index contributed by atoms with van der Waals surface area (Å²) in [5, 5.41) is 36.2. The molecule has 1 aromatic carbocycles. The number of carbonyl (C=O) groups is 2. The minimum atomic E-state index is -1.53. The van der Waals surface area contributed by atoms with Gasteiger partial charge in [0, 0.05) is 9.86 Å². The average Bonchev–Trinajstić information content (AvgIpc) is 2.89. The van der Waals surface area contributed by atoms with E-state index in [1.807, 2.05) is 0 Å². The summed E-state index contributed by atoms with van der Waals surface area (Å²) in [5.74, 6) is -3.50. The third kappa shape index (κ3) is 3.07. The molecule has 0 fully saturated rings. The predicted molar refractivity (Wildman–Crippen MR) is 93.7 cm³/mol. The Hall–Kier alpha value is -1.45. The Kier molecular flexibility index (Phi) is 5.36. The zero-order valence-corrected chi connectivity index (χ0v) is 16.1. The predicted octanol–water partition coefficient (Wildman–Crippen LogP) is 2.93. The summed E-state index contributed by atoms with van der Waals surface area (Å²) in [6.07, 6.45) is -0.0438. The van der Waals surface area contributed by atoms with Crippen LogP contribution in [-0.4, -0.2) is 37.5 Å².